The lowest BCUT2D eigenvalue weighted by molar-refractivity contribution is 0.214. The molecule has 0 spiro atoms. The van der Waals surface area contributed by atoms with Crippen LogP contribution in [0, 0.1) is 12.3 Å². The normalized spacial score (nSPS) is 19.5. The van der Waals surface area contributed by atoms with Crippen LogP contribution in [0.4, 0.5) is 4.79 Å². The van der Waals surface area contributed by atoms with Crippen molar-refractivity contribution in [3.8, 4) is 12.3 Å². The standard InChI is InChI=1S/C7H9N3O/c1-3-5(2)10-4-6(8)9-7(10)11/h1,5H,4H2,2H3,(H2,8,9,11). The molecule has 4 nitrogen and oxygen atoms in total. The Hall–Kier alpha value is -1.50. The van der Waals surface area contributed by atoms with Gasteiger partial charge in [0.05, 0.1) is 12.6 Å². The second kappa shape index (κ2) is 2.62. The number of nitrogens with zero attached hydrogens (tertiary/aromatic N) is 2. The van der Waals surface area contributed by atoms with E-state index in [9.17, 15) is 4.79 Å². The van der Waals surface area contributed by atoms with E-state index < -0.39 is 0 Å². The molecule has 1 aliphatic heterocycles. The van der Waals surface area contributed by atoms with Crippen LogP contribution < -0.4 is 5.73 Å². The van der Waals surface area contributed by atoms with Crippen molar-refractivity contribution < 1.29 is 4.79 Å². The van der Waals surface area contributed by atoms with Crippen molar-refractivity contribution in [2.24, 2.45) is 10.7 Å². The molecule has 1 atom stereocenters. The highest BCUT2D eigenvalue weighted by atomic mass is 16.2. The number of urea groups is 1. The van der Waals surface area contributed by atoms with Gasteiger partial charge in [-0.25, -0.2) is 4.79 Å². The van der Waals surface area contributed by atoms with Crippen LogP contribution in [0.15, 0.2) is 4.99 Å². The molecule has 0 fully saturated rings. The smallest absolute Gasteiger partial charge is 0.346 e. The van der Waals surface area contributed by atoms with Gasteiger partial charge in [0.15, 0.2) is 0 Å². The number of amides is 2. The van der Waals surface area contributed by atoms with E-state index in [1.807, 2.05) is 0 Å². The Bertz CT molecular complexity index is 251. The maximum Gasteiger partial charge on any atom is 0.346 e. The van der Waals surface area contributed by atoms with Crippen LogP contribution in [0.3, 0.4) is 0 Å². The van der Waals surface area contributed by atoms with E-state index in [1.54, 1.807) is 6.92 Å². The van der Waals surface area contributed by atoms with Crippen molar-refractivity contribution in [3.05, 3.63) is 0 Å². The lowest BCUT2D eigenvalue weighted by Gasteiger charge is -2.17. The van der Waals surface area contributed by atoms with E-state index >= 15 is 0 Å². The van der Waals surface area contributed by atoms with Crippen LogP contribution >= 0.6 is 0 Å². The van der Waals surface area contributed by atoms with E-state index in [4.69, 9.17) is 12.2 Å². The van der Waals surface area contributed by atoms with E-state index in [2.05, 4.69) is 10.9 Å². The van der Waals surface area contributed by atoms with Crippen molar-refractivity contribution in [3.63, 3.8) is 0 Å². The summed E-state index contributed by atoms with van der Waals surface area (Å²) in [4.78, 5) is 15.9. The molecule has 1 rings (SSSR count). The Balaban J connectivity index is 2.69. The number of aliphatic imine (C=N–C) groups is 1. The summed E-state index contributed by atoms with van der Waals surface area (Å²) in [6.45, 7) is 2.11. The highest BCUT2D eigenvalue weighted by Gasteiger charge is 2.24. The molecule has 0 saturated heterocycles. The second-order valence-corrected chi connectivity index (χ2v) is 2.36. The van der Waals surface area contributed by atoms with Gasteiger partial charge in [0.2, 0.25) is 0 Å². The third-order valence-electron chi connectivity index (χ3n) is 1.53. The summed E-state index contributed by atoms with van der Waals surface area (Å²) in [5, 5.41) is 0. The van der Waals surface area contributed by atoms with Crippen molar-refractivity contribution in [2.45, 2.75) is 13.0 Å². The van der Waals surface area contributed by atoms with Crippen LogP contribution in [0.25, 0.3) is 0 Å². The summed E-state index contributed by atoms with van der Waals surface area (Å²) in [7, 11) is 0. The molecule has 0 saturated carbocycles. The zero-order chi connectivity index (χ0) is 8.43. The first-order valence-corrected chi connectivity index (χ1v) is 3.25. The predicted molar refractivity (Wildman–Crippen MR) is 42.0 cm³/mol. The van der Waals surface area contributed by atoms with Gasteiger partial charge in [-0.05, 0) is 6.92 Å². The van der Waals surface area contributed by atoms with Gasteiger partial charge >= 0.3 is 6.03 Å². The summed E-state index contributed by atoms with van der Waals surface area (Å²) >= 11 is 0. The average molecular weight is 151 g/mol. The minimum absolute atomic E-state index is 0.229. The third kappa shape index (κ3) is 1.32. The maximum absolute atomic E-state index is 10.9. The van der Waals surface area contributed by atoms with Crippen molar-refractivity contribution in [2.75, 3.05) is 6.54 Å². The monoisotopic (exact) mass is 151 g/mol. The number of carbonyl (C=O) groups excluding carboxylic acids is 1. The van der Waals surface area contributed by atoms with E-state index in [0.29, 0.717) is 12.4 Å². The fourth-order valence-electron chi connectivity index (χ4n) is 0.857. The summed E-state index contributed by atoms with van der Waals surface area (Å²) in [6.07, 6.45) is 5.12. The molecule has 58 valence electrons. The molecule has 0 aliphatic carbocycles. The zero-order valence-electron chi connectivity index (χ0n) is 6.24. The van der Waals surface area contributed by atoms with Gasteiger partial charge in [0, 0.05) is 0 Å². The van der Waals surface area contributed by atoms with Crippen molar-refractivity contribution >= 4 is 11.9 Å². The molecule has 0 aromatic carbocycles. The van der Waals surface area contributed by atoms with Gasteiger partial charge < -0.3 is 10.6 Å². The summed E-state index contributed by atoms with van der Waals surface area (Å²) in [5.74, 6) is 2.76. The molecular formula is C7H9N3O. The molecule has 1 unspecified atom stereocenters. The SMILES string of the molecule is C#CC(C)N1CC(N)=NC1=O. The van der Waals surface area contributed by atoms with Crippen LogP contribution in [0.2, 0.25) is 0 Å². The van der Waals surface area contributed by atoms with E-state index in [-0.39, 0.29) is 12.1 Å². The van der Waals surface area contributed by atoms with Gasteiger partial charge in [0.1, 0.15) is 5.84 Å². The lowest BCUT2D eigenvalue weighted by atomic mass is 10.3. The molecule has 1 aliphatic rings. The number of terminal acetylenes is 1. The third-order valence-corrected chi connectivity index (χ3v) is 1.53. The van der Waals surface area contributed by atoms with Crippen LogP contribution in [0.5, 0.6) is 0 Å². The molecule has 2 amide bonds. The average Bonchev–Trinajstić information content (AvgIpc) is 2.28. The largest absolute Gasteiger partial charge is 0.385 e. The molecule has 11 heavy (non-hydrogen) atoms. The number of amidine groups is 1. The topological polar surface area (TPSA) is 58.7 Å². The Kier molecular flexibility index (Phi) is 1.81. The van der Waals surface area contributed by atoms with Crippen LogP contribution in [-0.4, -0.2) is 29.4 Å². The van der Waals surface area contributed by atoms with Crippen LogP contribution in [-0.2, 0) is 0 Å². The van der Waals surface area contributed by atoms with Gasteiger partial charge in [-0.3, -0.25) is 0 Å². The number of hydrogen-bond donors (Lipinski definition) is 1. The Morgan fingerprint density at radius 3 is 2.91 bits per heavy atom. The second-order valence-electron chi connectivity index (χ2n) is 2.36. The lowest BCUT2D eigenvalue weighted by Crippen LogP contribution is -2.35. The zero-order valence-corrected chi connectivity index (χ0v) is 6.24. The number of rotatable bonds is 1. The molecular weight excluding hydrogens is 142 g/mol. The van der Waals surface area contributed by atoms with Gasteiger partial charge in [-0.15, -0.1) is 6.42 Å². The minimum Gasteiger partial charge on any atom is -0.385 e. The molecule has 2 N–H and O–H groups in total. The molecule has 0 bridgehead atoms. The first-order chi connectivity index (χ1) is 5.15. The molecule has 4 heteroatoms. The van der Waals surface area contributed by atoms with Gasteiger partial charge in [-0.1, -0.05) is 5.92 Å². The minimum atomic E-state index is -0.340. The quantitative estimate of drug-likeness (QED) is 0.527. The Labute approximate surface area is 65.1 Å². The van der Waals surface area contributed by atoms with Gasteiger partial charge in [-0.2, -0.15) is 4.99 Å². The molecule has 1 heterocycles. The fraction of sp³-hybridized carbons (Fsp3) is 0.429. The summed E-state index contributed by atoms with van der Waals surface area (Å²) < 4.78 is 0. The highest BCUT2D eigenvalue weighted by Crippen LogP contribution is 2.06. The van der Waals surface area contributed by atoms with E-state index in [0.717, 1.165) is 0 Å². The summed E-state index contributed by atoms with van der Waals surface area (Å²) in [6, 6.07) is -0.569. The number of nitrogens with two attached hydrogens (primary N) is 1. The predicted octanol–water partition coefficient (Wildman–Crippen LogP) is -0.199. The molecule has 0 aromatic rings. The number of carbonyl (C=O) groups is 1. The first-order valence-electron chi connectivity index (χ1n) is 3.25. The first kappa shape index (κ1) is 7.61. The fourth-order valence-corrected chi connectivity index (χ4v) is 0.857. The maximum atomic E-state index is 10.9. The Morgan fingerprint density at radius 1 is 1.91 bits per heavy atom. The van der Waals surface area contributed by atoms with Crippen molar-refractivity contribution in [1.29, 1.82) is 0 Å². The molecule has 0 radical (unpaired) electrons. The highest BCUT2D eigenvalue weighted by molar-refractivity contribution is 6.00. The van der Waals surface area contributed by atoms with Crippen molar-refractivity contribution in [1.82, 2.24) is 4.90 Å². The summed E-state index contributed by atoms with van der Waals surface area (Å²) in [5.41, 5.74) is 5.33. The number of hydrogen-bond acceptors (Lipinski definition) is 2. The van der Waals surface area contributed by atoms with Gasteiger partial charge in [0.25, 0.3) is 0 Å². The molecule has 0 aromatic heterocycles. The van der Waals surface area contributed by atoms with Crippen LogP contribution in [0.1, 0.15) is 6.92 Å². The Morgan fingerprint density at radius 2 is 2.55 bits per heavy atom. The van der Waals surface area contributed by atoms with E-state index in [1.165, 1.54) is 4.90 Å².